The van der Waals surface area contributed by atoms with E-state index in [1.54, 1.807) is 37.3 Å². The number of guanidine groups is 1. The van der Waals surface area contributed by atoms with E-state index in [1.807, 2.05) is 30.3 Å². The lowest BCUT2D eigenvalue weighted by atomic mass is 10.2. The van der Waals surface area contributed by atoms with Gasteiger partial charge in [0.15, 0.2) is 0 Å². The highest BCUT2D eigenvalue weighted by Crippen LogP contribution is 2.33. The van der Waals surface area contributed by atoms with Crippen LogP contribution < -0.4 is 5.32 Å². The van der Waals surface area contributed by atoms with Gasteiger partial charge in [0.1, 0.15) is 10.7 Å². The zero-order valence-electron chi connectivity index (χ0n) is 15.1. The Balaban J connectivity index is 1.79. The highest BCUT2D eigenvalue weighted by Gasteiger charge is 2.34. The lowest BCUT2D eigenvalue weighted by molar-refractivity contribution is 0.515. The number of para-hydroxylation sites is 1. The van der Waals surface area contributed by atoms with Gasteiger partial charge in [-0.3, -0.25) is 0 Å². The number of hydrogen-bond acceptors (Lipinski definition) is 4. The zero-order chi connectivity index (χ0) is 19.7. The number of benzene rings is 3. The molecule has 28 heavy (non-hydrogen) atoms. The summed E-state index contributed by atoms with van der Waals surface area (Å²) in [4.78, 5) is 4.64. The van der Waals surface area contributed by atoms with E-state index >= 15 is 0 Å². The van der Waals surface area contributed by atoms with Gasteiger partial charge in [-0.15, -0.1) is 0 Å². The van der Waals surface area contributed by atoms with Crippen LogP contribution in [0, 0.1) is 12.7 Å². The summed E-state index contributed by atoms with van der Waals surface area (Å²) in [5.41, 5.74) is 2.10. The second-order valence-corrected chi connectivity index (χ2v) is 8.32. The number of halogens is 1. The maximum Gasteiger partial charge on any atom is 0.269 e. The fourth-order valence-electron chi connectivity index (χ4n) is 2.97. The van der Waals surface area contributed by atoms with Crippen molar-refractivity contribution in [3.05, 3.63) is 89.7 Å². The summed E-state index contributed by atoms with van der Waals surface area (Å²) in [6.45, 7) is 1.78. The van der Waals surface area contributed by atoms with E-state index in [1.165, 1.54) is 16.4 Å². The normalized spacial score (nSPS) is 14.9. The number of nitrogens with one attached hydrogen (secondary N) is 1. The van der Waals surface area contributed by atoms with Crippen molar-refractivity contribution in [1.82, 2.24) is 4.31 Å². The van der Waals surface area contributed by atoms with Crippen molar-refractivity contribution < 1.29 is 12.8 Å². The molecule has 0 aromatic heterocycles. The fourth-order valence-corrected chi connectivity index (χ4v) is 4.47. The smallest absolute Gasteiger partial charge is 0.269 e. The molecule has 7 heteroatoms. The summed E-state index contributed by atoms with van der Waals surface area (Å²) in [5, 5.41) is 2.97. The molecule has 0 fully saturated rings. The molecule has 1 aliphatic rings. The Labute approximate surface area is 163 Å². The molecule has 0 unspecified atom stereocenters. The topological polar surface area (TPSA) is 61.8 Å². The monoisotopic (exact) mass is 395 g/mol. The van der Waals surface area contributed by atoms with E-state index in [-0.39, 0.29) is 23.2 Å². The molecule has 0 bridgehead atoms. The Kier molecular flexibility index (Phi) is 4.60. The van der Waals surface area contributed by atoms with E-state index in [2.05, 4.69) is 10.3 Å². The molecular weight excluding hydrogens is 377 g/mol. The molecule has 1 aliphatic heterocycles. The van der Waals surface area contributed by atoms with Crippen molar-refractivity contribution in [2.24, 2.45) is 4.99 Å². The highest BCUT2D eigenvalue weighted by atomic mass is 32.2. The van der Waals surface area contributed by atoms with Crippen LogP contribution in [0.3, 0.4) is 0 Å². The molecule has 0 saturated heterocycles. The van der Waals surface area contributed by atoms with Crippen LogP contribution in [0.2, 0.25) is 0 Å². The minimum absolute atomic E-state index is 0.109. The summed E-state index contributed by atoms with van der Waals surface area (Å²) in [5.74, 6) is -0.245. The number of aryl methyl sites for hydroxylation is 1. The molecule has 0 aliphatic carbocycles. The van der Waals surface area contributed by atoms with Gasteiger partial charge >= 0.3 is 0 Å². The Morgan fingerprint density at radius 2 is 1.71 bits per heavy atom. The number of fused-ring (bicyclic) bond motifs is 1. The Bertz CT molecular complexity index is 1160. The summed E-state index contributed by atoms with van der Waals surface area (Å²) in [6.07, 6.45) is 0. The largest absolute Gasteiger partial charge is 0.325 e. The third-order valence-electron chi connectivity index (χ3n) is 4.49. The maximum absolute atomic E-state index is 14.0. The summed E-state index contributed by atoms with van der Waals surface area (Å²) < 4.78 is 41.7. The summed E-state index contributed by atoms with van der Waals surface area (Å²) >= 11 is 0. The average Bonchev–Trinajstić information content (AvgIpc) is 2.69. The summed E-state index contributed by atoms with van der Waals surface area (Å²) in [6, 6.07) is 20.5. The second-order valence-electron chi connectivity index (χ2n) is 6.49. The quantitative estimate of drug-likeness (QED) is 0.713. The molecule has 0 radical (unpaired) electrons. The van der Waals surface area contributed by atoms with Crippen molar-refractivity contribution in [3.8, 4) is 0 Å². The van der Waals surface area contributed by atoms with E-state index < -0.39 is 10.0 Å². The standard InChI is InChI=1S/C21H18FN3O2S/c1-15-11-12-17(13-18(15)22)23-21-24-19-9-5-6-10-20(19)28(26,27)25(21)14-16-7-3-2-4-8-16/h2-13H,14H2,1H3,(H,23,24). The Hall–Kier alpha value is -3.19. The van der Waals surface area contributed by atoms with Crippen molar-refractivity contribution in [3.63, 3.8) is 0 Å². The predicted molar refractivity (Wildman–Crippen MR) is 107 cm³/mol. The number of hydrogen-bond donors (Lipinski definition) is 1. The molecule has 5 nitrogen and oxygen atoms in total. The van der Waals surface area contributed by atoms with Gasteiger partial charge in [0, 0.05) is 5.69 Å². The minimum Gasteiger partial charge on any atom is -0.325 e. The first-order valence-electron chi connectivity index (χ1n) is 8.73. The van der Waals surface area contributed by atoms with Crippen molar-refractivity contribution in [1.29, 1.82) is 0 Å². The van der Waals surface area contributed by atoms with Gasteiger partial charge in [-0.25, -0.2) is 22.1 Å². The molecule has 142 valence electrons. The fraction of sp³-hybridized carbons (Fsp3) is 0.0952. The molecule has 3 aromatic rings. The second kappa shape index (κ2) is 7.09. The lowest BCUT2D eigenvalue weighted by Crippen LogP contribution is -2.42. The number of nitrogens with zero attached hydrogens (tertiary/aromatic N) is 2. The number of rotatable bonds is 3. The van der Waals surface area contributed by atoms with Crippen LogP contribution in [0.5, 0.6) is 0 Å². The van der Waals surface area contributed by atoms with E-state index in [0.717, 1.165) is 5.56 Å². The van der Waals surface area contributed by atoms with Gasteiger partial charge in [-0.2, -0.15) is 0 Å². The van der Waals surface area contributed by atoms with E-state index in [9.17, 15) is 12.8 Å². The van der Waals surface area contributed by atoms with Gasteiger partial charge < -0.3 is 5.32 Å². The van der Waals surface area contributed by atoms with Crippen LogP contribution in [0.25, 0.3) is 0 Å². The lowest BCUT2D eigenvalue weighted by Gasteiger charge is -2.30. The van der Waals surface area contributed by atoms with Gasteiger partial charge in [0.05, 0.1) is 12.2 Å². The SMILES string of the molecule is Cc1ccc(NC2=Nc3ccccc3S(=O)(=O)N2Cc2ccccc2)cc1F. The zero-order valence-corrected chi connectivity index (χ0v) is 15.9. The highest BCUT2D eigenvalue weighted by molar-refractivity contribution is 7.90. The summed E-state index contributed by atoms with van der Waals surface area (Å²) in [7, 11) is -3.82. The molecule has 4 rings (SSSR count). The molecule has 1 N–H and O–H groups in total. The Morgan fingerprint density at radius 3 is 2.46 bits per heavy atom. The van der Waals surface area contributed by atoms with Crippen LogP contribution in [-0.2, 0) is 16.6 Å². The van der Waals surface area contributed by atoms with Gasteiger partial charge in [-0.1, -0.05) is 48.5 Å². The van der Waals surface area contributed by atoms with Crippen LogP contribution >= 0.6 is 0 Å². The van der Waals surface area contributed by atoms with Crippen LogP contribution in [0.4, 0.5) is 15.8 Å². The first-order valence-corrected chi connectivity index (χ1v) is 10.2. The van der Waals surface area contributed by atoms with E-state index in [0.29, 0.717) is 16.9 Å². The molecule has 0 spiro atoms. The molecule has 0 atom stereocenters. The molecule has 0 saturated carbocycles. The first kappa shape index (κ1) is 18.2. The van der Waals surface area contributed by atoms with Crippen molar-refractivity contribution in [2.45, 2.75) is 18.4 Å². The first-order chi connectivity index (χ1) is 13.4. The van der Waals surface area contributed by atoms with Gasteiger partial charge in [-0.05, 0) is 42.3 Å². The Morgan fingerprint density at radius 1 is 1.00 bits per heavy atom. The average molecular weight is 395 g/mol. The molecular formula is C21H18FN3O2S. The van der Waals surface area contributed by atoms with Crippen LogP contribution in [0.1, 0.15) is 11.1 Å². The number of aliphatic imine (C=N–C) groups is 1. The predicted octanol–water partition coefficient (Wildman–Crippen LogP) is 4.44. The van der Waals surface area contributed by atoms with Crippen molar-refractivity contribution in [2.75, 3.05) is 5.32 Å². The minimum atomic E-state index is -3.82. The van der Waals surface area contributed by atoms with E-state index in [4.69, 9.17) is 0 Å². The molecule has 3 aromatic carbocycles. The van der Waals surface area contributed by atoms with Gasteiger partial charge in [0.2, 0.25) is 5.96 Å². The number of sulfonamides is 1. The van der Waals surface area contributed by atoms with Crippen LogP contribution in [-0.4, -0.2) is 18.7 Å². The van der Waals surface area contributed by atoms with Crippen molar-refractivity contribution >= 4 is 27.4 Å². The van der Waals surface area contributed by atoms with Gasteiger partial charge in [0.25, 0.3) is 10.0 Å². The molecule has 0 amide bonds. The third kappa shape index (κ3) is 3.36. The maximum atomic E-state index is 14.0. The molecule has 1 heterocycles. The number of anilines is 1. The van der Waals surface area contributed by atoms with Crippen LogP contribution in [0.15, 0.2) is 82.7 Å². The third-order valence-corrected chi connectivity index (χ3v) is 6.28.